The van der Waals surface area contributed by atoms with Crippen LogP contribution in [0.4, 0.5) is 11.4 Å². The number of hydrogen-bond acceptors (Lipinski definition) is 6. The third-order valence-corrected chi connectivity index (χ3v) is 5.23. The maximum atomic E-state index is 12.5. The summed E-state index contributed by atoms with van der Waals surface area (Å²) in [5.41, 5.74) is 1.64. The average Bonchev–Trinajstić information content (AvgIpc) is 3.28. The molecule has 3 N–H and O–H groups in total. The predicted molar refractivity (Wildman–Crippen MR) is 120 cm³/mol. The Morgan fingerprint density at radius 3 is 2.40 bits per heavy atom. The summed E-state index contributed by atoms with van der Waals surface area (Å²) in [4.78, 5) is 25.3. The van der Waals surface area contributed by atoms with Gasteiger partial charge in [-0.25, -0.2) is 0 Å². The second kappa shape index (κ2) is 8.93. The summed E-state index contributed by atoms with van der Waals surface area (Å²) in [6.45, 7) is 0.927. The molecule has 0 unspecified atom stereocenters. The van der Waals surface area contributed by atoms with Gasteiger partial charge in [0.25, 0.3) is 11.8 Å². The number of carbonyl (C=O) groups is 2. The van der Waals surface area contributed by atoms with Gasteiger partial charge in [-0.15, -0.1) is 11.3 Å². The zero-order valence-corrected chi connectivity index (χ0v) is 17.3. The van der Waals surface area contributed by atoms with Crippen LogP contribution < -0.4 is 25.4 Å². The lowest BCUT2D eigenvalue weighted by atomic mass is 10.2. The van der Waals surface area contributed by atoms with E-state index in [1.165, 1.54) is 11.3 Å². The first kappa shape index (κ1) is 19.9. The Bertz CT molecular complexity index is 1100. The number of fused-ring (bicyclic) bond motifs is 1. The largest absolute Gasteiger partial charge is 0.486 e. The maximum Gasteiger partial charge on any atom is 0.265 e. The first-order valence-electron chi connectivity index (χ1n) is 9.05. The zero-order chi connectivity index (χ0) is 20.9. The van der Waals surface area contributed by atoms with Crippen molar-refractivity contribution in [2.75, 3.05) is 23.8 Å². The topological polar surface area (TPSA) is 88.7 Å². The fourth-order valence-corrected chi connectivity index (χ4v) is 3.63. The second-order valence-electron chi connectivity index (χ2n) is 6.28. The van der Waals surface area contributed by atoms with Crippen molar-refractivity contribution >= 4 is 51.9 Å². The first-order chi connectivity index (χ1) is 14.6. The van der Waals surface area contributed by atoms with Gasteiger partial charge in [0.05, 0.1) is 4.88 Å². The van der Waals surface area contributed by atoms with Crippen molar-refractivity contribution in [2.24, 2.45) is 0 Å². The van der Waals surface area contributed by atoms with Crippen molar-refractivity contribution in [1.29, 1.82) is 0 Å². The third kappa shape index (κ3) is 4.76. The molecule has 3 aromatic rings. The quantitative estimate of drug-likeness (QED) is 0.535. The van der Waals surface area contributed by atoms with Crippen molar-refractivity contribution in [3.05, 3.63) is 70.4 Å². The summed E-state index contributed by atoms with van der Waals surface area (Å²) in [5.74, 6) is 0.588. The molecule has 0 saturated carbocycles. The number of amides is 2. The molecule has 1 aromatic heterocycles. The molecular formula is C21H17N3O4S2. The van der Waals surface area contributed by atoms with Crippen LogP contribution in [0.2, 0.25) is 0 Å². The highest BCUT2D eigenvalue weighted by Gasteiger charge is 2.16. The van der Waals surface area contributed by atoms with Gasteiger partial charge in [0, 0.05) is 16.9 Å². The first-order valence-corrected chi connectivity index (χ1v) is 10.3. The highest BCUT2D eigenvalue weighted by Crippen LogP contribution is 2.30. The van der Waals surface area contributed by atoms with E-state index in [4.69, 9.17) is 21.7 Å². The summed E-state index contributed by atoms with van der Waals surface area (Å²) >= 11 is 6.61. The molecule has 0 saturated heterocycles. The molecule has 9 heteroatoms. The van der Waals surface area contributed by atoms with Crippen molar-refractivity contribution in [2.45, 2.75) is 0 Å². The number of thiophene rings is 1. The normalized spacial score (nSPS) is 12.0. The Morgan fingerprint density at radius 2 is 1.63 bits per heavy atom. The molecule has 0 aliphatic carbocycles. The molecule has 0 spiro atoms. The minimum atomic E-state index is -0.369. The molecule has 0 atom stereocenters. The molecular weight excluding hydrogens is 422 g/mol. The van der Waals surface area contributed by atoms with Gasteiger partial charge in [0.1, 0.15) is 13.2 Å². The van der Waals surface area contributed by atoms with Crippen LogP contribution >= 0.6 is 23.6 Å². The fourth-order valence-electron chi connectivity index (χ4n) is 2.80. The van der Waals surface area contributed by atoms with Crippen LogP contribution in [0, 0.1) is 0 Å². The molecule has 7 nitrogen and oxygen atoms in total. The van der Waals surface area contributed by atoms with E-state index in [0.717, 1.165) is 0 Å². The van der Waals surface area contributed by atoms with E-state index in [1.807, 2.05) is 11.4 Å². The van der Waals surface area contributed by atoms with Crippen LogP contribution in [0.3, 0.4) is 0 Å². The van der Waals surface area contributed by atoms with Crippen LogP contribution in [0.5, 0.6) is 11.5 Å². The second-order valence-corrected chi connectivity index (χ2v) is 7.63. The van der Waals surface area contributed by atoms with Gasteiger partial charge in [-0.1, -0.05) is 12.1 Å². The molecule has 4 rings (SSSR count). The Balaban J connectivity index is 1.37. The smallest absolute Gasteiger partial charge is 0.265 e. The molecule has 0 bridgehead atoms. The molecule has 30 heavy (non-hydrogen) atoms. The molecule has 0 fully saturated rings. The monoisotopic (exact) mass is 439 g/mol. The van der Waals surface area contributed by atoms with E-state index in [1.54, 1.807) is 48.5 Å². The Kier molecular flexibility index (Phi) is 5.92. The van der Waals surface area contributed by atoms with E-state index >= 15 is 0 Å². The standard InChI is InChI=1S/C21H17N3O4S2/c25-19(13-6-7-16-17(11-13)28-9-8-27-16)24-21(29)23-15-4-1-3-14(12-15)22-20(26)18-5-2-10-30-18/h1-7,10-12H,8-9H2,(H,22,26)(H2,23,24,25,29). The summed E-state index contributed by atoms with van der Waals surface area (Å²) in [5, 5.41) is 10.4. The van der Waals surface area contributed by atoms with Crippen molar-refractivity contribution < 1.29 is 19.1 Å². The number of nitrogens with one attached hydrogen (secondary N) is 3. The van der Waals surface area contributed by atoms with Gasteiger partial charge in [-0.3, -0.25) is 14.9 Å². The number of carbonyl (C=O) groups excluding carboxylic acids is 2. The van der Waals surface area contributed by atoms with Gasteiger partial charge in [-0.2, -0.15) is 0 Å². The van der Waals surface area contributed by atoms with Crippen molar-refractivity contribution in [3.8, 4) is 11.5 Å². The molecule has 0 radical (unpaired) electrons. The summed E-state index contributed by atoms with van der Waals surface area (Å²) in [7, 11) is 0. The van der Waals surface area contributed by atoms with Gasteiger partial charge >= 0.3 is 0 Å². The molecule has 2 heterocycles. The van der Waals surface area contributed by atoms with Crippen LogP contribution in [-0.2, 0) is 0 Å². The molecule has 2 aromatic carbocycles. The highest BCUT2D eigenvalue weighted by atomic mass is 32.1. The van der Waals surface area contributed by atoms with Crippen LogP contribution in [0.1, 0.15) is 20.0 Å². The molecule has 152 valence electrons. The lowest BCUT2D eigenvalue weighted by molar-refractivity contribution is 0.0975. The molecule has 1 aliphatic rings. The van der Waals surface area contributed by atoms with Crippen LogP contribution in [-0.4, -0.2) is 30.1 Å². The van der Waals surface area contributed by atoms with Crippen LogP contribution in [0.25, 0.3) is 0 Å². The van der Waals surface area contributed by atoms with E-state index in [2.05, 4.69) is 16.0 Å². The third-order valence-electron chi connectivity index (χ3n) is 4.15. The van der Waals surface area contributed by atoms with Crippen molar-refractivity contribution in [1.82, 2.24) is 5.32 Å². The zero-order valence-electron chi connectivity index (χ0n) is 15.6. The maximum absolute atomic E-state index is 12.5. The summed E-state index contributed by atoms with van der Waals surface area (Å²) in [6, 6.07) is 15.6. The predicted octanol–water partition coefficient (Wildman–Crippen LogP) is 3.90. The molecule has 1 aliphatic heterocycles. The molecule has 2 amide bonds. The van der Waals surface area contributed by atoms with E-state index < -0.39 is 0 Å². The Morgan fingerprint density at radius 1 is 0.867 bits per heavy atom. The highest BCUT2D eigenvalue weighted by molar-refractivity contribution is 7.80. The number of benzene rings is 2. The number of anilines is 2. The van der Waals surface area contributed by atoms with E-state index in [9.17, 15) is 9.59 Å². The lowest BCUT2D eigenvalue weighted by Crippen LogP contribution is -2.34. The van der Waals surface area contributed by atoms with Gasteiger partial charge < -0.3 is 20.1 Å². The number of hydrogen-bond donors (Lipinski definition) is 3. The SMILES string of the molecule is O=C(NC(=S)Nc1cccc(NC(=O)c2cccs2)c1)c1ccc2c(c1)OCCO2. The Hall–Kier alpha value is -3.43. The fraction of sp³-hybridized carbons (Fsp3) is 0.0952. The number of ether oxygens (including phenoxy) is 2. The van der Waals surface area contributed by atoms with E-state index in [-0.39, 0.29) is 16.9 Å². The summed E-state index contributed by atoms with van der Waals surface area (Å²) < 4.78 is 11.0. The van der Waals surface area contributed by atoms with Gasteiger partial charge in [0.15, 0.2) is 16.6 Å². The van der Waals surface area contributed by atoms with Crippen LogP contribution in [0.15, 0.2) is 60.0 Å². The van der Waals surface area contributed by atoms with Crippen molar-refractivity contribution in [3.63, 3.8) is 0 Å². The number of thiocarbonyl (C=S) groups is 1. The Labute approximate surface area is 182 Å². The number of rotatable bonds is 4. The average molecular weight is 440 g/mol. The van der Waals surface area contributed by atoms with Gasteiger partial charge in [0.2, 0.25) is 0 Å². The summed E-state index contributed by atoms with van der Waals surface area (Å²) in [6.07, 6.45) is 0. The lowest BCUT2D eigenvalue weighted by Gasteiger charge is -2.18. The van der Waals surface area contributed by atoms with Gasteiger partial charge in [-0.05, 0) is 60.1 Å². The minimum Gasteiger partial charge on any atom is -0.486 e. The van der Waals surface area contributed by atoms with E-state index in [0.29, 0.717) is 46.5 Å². The minimum absolute atomic E-state index is 0.136.